The van der Waals surface area contributed by atoms with Gasteiger partial charge in [-0.3, -0.25) is 9.59 Å². The second-order valence-corrected chi connectivity index (χ2v) is 17.2. The molecule has 1 aromatic rings. The zero-order valence-electron chi connectivity index (χ0n) is 29.7. The number of alkyl halides is 6. The summed E-state index contributed by atoms with van der Waals surface area (Å²) in [5, 5.41) is 0.177. The van der Waals surface area contributed by atoms with E-state index in [1.54, 1.807) is 55.4 Å². The lowest BCUT2D eigenvalue weighted by atomic mass is 9.71. The molecule has 2 atom stereocenters. The first-order valence-corrected chi connectivity index (χ1v) is 17.8. The molecule has 20 heteroatoms. The Morgan fingerprint density at radius 2 is 1.37 bits per heavy atom. The Kier molecular flexibility index (Phi) is 9.99. The Hall–Kier alpha value is -3.19. The minimum Gasteiger partial charge on any atom is -0.400 e. The number of carbonyl (C=O) groups excluding carboxylic acids is 3. The third-order valence-electron chi connectivity index (χ3n) is 10.1. The van der Waals surface area contributed by atoms with E-state index in [0.29, 0.717) is 18.2 Å². The molecule has 11 nitrogen and oxygen atoms in total. The average molecular weight is 762 g/mol. The van der Waals surface area contributed by atoms with Crippen molar-refractivity contribution in [3.05, 3.63) is 46.3 Å². The predicted octanol–water partition coefficient (Wildman–Crippen LogP) is 5.46. The first-order valence-electron chi connectivity index (χ1n) is 16.3. The van der Waals surface area contributed by atoms with Crippen molar-refractivity contribution in [3.63, 3.8) is 0 Å². The van der Waals surface area contributed by atoms with Crippen LogP contribution in [-0.4, -0.2) is 76.4 Å². The van der Waals surface area contributed by atoms with Crippen molar-refractivity contribution in [3.8, 4) is 0 Å². The van der Waals surface area contributed by atoms with Crippen molar-refractivity contribution >= 4 is 47.2 Å². The number of amides is 2. The number of nitrogens with zero attached hydrogens (tertiary/aromatic N) is 2. The topological polar surface area (TPSA) is 130 Å². The van der Waals surface area contributed by atoms with E-state index in [9.17, 15) is 40.7 Å². The molecule has 2 amide bonds. The van der Waals surface area contributed by atoms with Gasteiger partial charge in [-0.05, 0) is 91.0 Å². The van der Waals surface area contributed by atoms with Gasteiger partial charge in [0.05, 0.1) is 38.8 Å². The Balaban J connectivity index is 1.71. The lowest BCUT2D eigenvalue weighted by Crippen LogP contribution is -2.41. The van der Waals surface area contributed by atoms with E-state index in [-0.39, 0.29) is 28.8 Å². The maximum atomic E-state index is 15.3. The molecule has 4 aliphatic rings. The van der Waals surface area contributed by atoms with Gasteiger partial charge in [0, 0.05) is 17.7 Å². The SMILES string of the molecule is CC1(C)OB(C2=CC(S(=O)(=NCC(=O)ON3C(=O)CCC3=O)c3cc(B4OC(C)(C)C(C)(C)O4)cc(C(F)(F)F)c3)=CC(C(F)(F)F)C2)OC1(C)C. The van der Waals surface area contributed by atoms with Gasteiger partial charge < -0.3 is 23.5 Å². The molecule has 3 aliphatic heterocycles. The summed E-state index contributed by atoms with van der Waals surface area (Å²) in [5.74, 6) is -5.46. The van der Waals surface area contributed by atoms with E-state index in [1.807, 2.05) is 0 Å². The van der Waals surface area contributed by atoms with Crippen LogP contribution in [0.1, 0.15) is 80.2 Å². The summed E-state index contributed by atoms with van der Waals surface area (Å²) < 4.78 is 130. The lowest BCUT2D eigenvalue weighted by Gasteiger charge is -2.32. The number of rotatable bonds is 7. The molecule has 3 saturated heterocycles. The molecule has 284 valence electrons. The number of allylic oxidation sites excluding steroid dienone is 3. The van der Waals surface area contributed by atoms with Crippen molar-refractivity contribution < 1.29 is 68.4 Å². The molecular formula is C32H38B2F6N2O9S. The first kappa shape index (κ1) is 40.0. The van der Waals surface area contributed by atoms with Crippen molar-refractivity contribution in [2.75, 3.05) is 6.54 Å². The number of benzene rings is 1. The molecule has 0 N–H and O–H groups in total. The molecule has 0 radical (unpaired) electrons. The smallest absolute Gasteiger partial charge is 0.400 e. The highest BCUT2D eigenvalue weighted by molar-refractivity contribution is 7.97. The van der Waals surface area contributed by atoms with Crippen LogP contribution in [0.2, 0.25) is 0 Å². The fourth-order valence-corrected chi connectivity index (χ4v) is 7.72. The summed E-state index contributed by atoms with van der Waals surface area (Å²) in [5.41, 5.74) is -5.83. The van der Waals surface area contributed by atoms with E-state index in [1.165, 1.54) is 0 Å². The molecule has 0 spiro atoms. The van der Waals surface area contributed by atoms with Gasteiger partial charge in [0.25, 0.3) is 11.8 Å². The number of hydrogen-bond acceptors (Lipinski definition) is 10. The van der Waals surface area contributed by atoms with Gasteiger partial charge >= 0.3 is 32.6 Å². The van der Waals surface area contributed by atoms with Crippen LogP contribution in [-0.2, 0) is 53.7 Å². The van der Waals surface area contributed by atoms with Crippen LogP contribution in [0.5, 0.6) is 0 Å². The van der Waals surface area contributed by atoms with Gasteiger partial charge in [-0.1, -0.05) is 12.1 Å². The molecule has 52 heavy (non-hydrogen) atoms. The second-order valence-electron chi connectivity index (χ2n) is 15.0. The van der Waals surface area contributed by atoms with Gasteiger partial charge in [0.15, 0.2) is 0 Å². The van der Waals surface area contributed by atoms with Crippen molar-refractivity contribution in [2.45, 2.75) is 114 Å². The molecule has 0 aromatic heterocycles. The largest absolute Gasteiger partial charge is 0.494 e. The number of halogens is 6. The van der Waals surface area contributed by atoms with Crippen molar-refractivity contribution in [2.24, 2.45) is 10.3 Å². The molecule has 0 bridgehead atoms. The third-order valence-corrected chi connectivity index (χ3v) is 12.4. The van der Waals surface area contributed by atoms with Crippen LogP contribution in [0.3, 0.4) is 0 Å². The first-order chi connectivity index (χ1) is 23.6. The standard InChI is InChI=1S/C32H38B2F6N2O9S/c1-27(2)28(3,4)49-33(48-27)20-11-18(31(35,36)37)13-22(15-20)52(46,41-17-26(45)47-42-24(43)9-10-25(42)44)23-14-19(32(38,39)40)12-21(16-23)34-50-29(5,6)30(7,8)51-34/h11,13-16,19H,9-10,12,17H2,1-8H3. The highest BCUT2D eigenvalue weighted by Crippen LogP contribution is 2.45. The van der Waals surface area contributed by atoms with E-state index in [0.717, 1.165) is 12.1 Å². The van der Waals surface area contributed by atoms with Gasteiger partial charge in [0.2, 0.25) is 0 Å². The lowest BCUT2D eigenvalue weighted by molar-refractivity contribution is -0.196. The Morgan fingerprint density at radius 3 is 1.85 bits per heavy atom. The summed E-state index contributed by atoms with van der Waals surface area (Å²) in [6.07, 6.45) is -9.59. The number of hydrogen-bond donors (Lipinski definition) is 0. The highest BCUT2D eigenvalue weighted by Gasteiger charge is 2.55. The Morgan fingerprint density at radius 1 is 0.865 bits per heavy atom. The van der Waals surface area contributed by atoms with E-state index < -0.39 is 111 Å². The van der Waals surface area contributed by atoms with E-state index in [4.69, 9.17) is 23.5 Å². The molecule has 2 unspecified atom stereocenters. The summed E-state index contributed by atoms with van der Waals surface area (Å²) in [4.78, 5) is 40.3. The Bertz CT molecular complexity index is 1820. The zero-order valence-corrected chi connectivity index (χ0v) is 30.5. The summed E-state index contributed by atoms with van der Waals surface area (Å²) in [6, 6.07) is 2.16. The average Bonchev–Trinajstić information content (AvgIpc) is 3.54. The monoisotopic (exact) mass is 762 g/mol. The van der Waals surface area contributed by atoms with Crippen molar-refractivity contribution in [1.29, 1.82) is 0 Å². The summed E-state index contributed by atoms with van der Waals surface area (Å²) in [6.45, 7) is 12.0. The van der Waals surface area contributed by atoms with Crippen LogP contribution in [0.25, 0.3) is 0 Å². The van der Waals surface area contributed by atoms with Gasteiger partial charge in [-0.15, -0.1) is 5.06 Å². The maximum Gasteiger partial charge on any atom is 0.494 e. The van der Waals surface area contributed by atoms with Crippen LogP contribution in [0.4, 0.5) is 26.3 Å². The van der Waals surface area contributed by atoms with Gasteiger partial charge in [-0.2, -0.15) is 26.3 Å². The molecule has 3 heterocycles. The molecule has 1 aliphatic carbocycles. The maximum absolute atomic E-state index is 15.3. The van der Waals surface area contributed by atoms with E-state index >= 15 is 4.21 Å². The van der Waals surface area contributed by atoms with Crippen LogP contribution in [0.15, 0.2) is 50.0 Å². The molecular weight excluding hydrogens is 724 g/mol. The minimum atomic E-state index is -5.07. The fourth-order valence-electron chi connectivity index (χ4n) is 5.62. The second kappa shape index (κ2) is 13.0. The van der Waals surface area contributed by atoms with Gasteiger partial charge in [0.1, 0.15) is 16.3 Å². The van der Waals surface area contributed by atoms with Crippen LogP contribution in [0, 0.1) is 5.92 Å². The van der Waals surface area contributed by atoms with Gasteiger partial charge in [-0.25, -0.2) is 13.4 Å². The summed E-state index contributed by atoms with van der Waals surface area (Å²) in [7, 11) is -7.45. The summed E-state index contributed by atoms with van der Waals surface area (Å²) >= 11 is 0. The Labute approximate surface area is 297 Å². The zero-order chi connectivity index (χ0) is 39.0. The number of imide groups is 1. The molecule has 1 aromatic carbocycles. The normalized spacial score (nSPS) is 25.2. The van der Waals surface area contributed by atoms with Crippen molar-refractivity contribution in [1.82, 2.24) is 5.06 Å². The molecule has 0 saturated carbocycles. The quantitative estimate of drug-likeness (QED) is 0.202. The third kappa shape index (κ3) is 7.58. The van der Waals surface area contributed by atoms with E-state index in [2.05, 4.69) is 4.36 Å². The minimum absolute atomic E-state index is 0.129. The predicted molar refractivity (Wildman–Crippen MR) is 174 cm³/mol. The van der Waals surface area contributed by atoms with Crippen LogP contribution < -0.4 is 5.46 Å². The number of hydroxylamine groups is 2. The highest BCUT2D eigenvalue weighted by atomic mass is 32.2. The number of carbonyl (C=O) groups is 3. The molecule has 3 fully saturated rings. The molecule has 5 rings (SSSR count). The fraction of sp³-hybridized carbons (Fsp3) is 0.594. The van der Waals surface area contributed by atoms with Crippen LogP contribution >= 0.6 is 0 Å².